The molecule has 12 nitrogen and oxygen atoms in total. The molecule has 0 radical (unpaired) electrons. The molecule has 3 aliphatic rings. The number of carbonyl (C=O) groups is 4. The van der Waals surface area contributed by atoms with Gasteiger partial charge in [-0.2, -0.15) is 18.4 Å². The second-order valence-electron chi connectivity index (χ2n) is 15.1. The van der Waals surface area contributed by atoms with Crippen molar-refractivity contribution in [2.24, 2.45) is 0 Å². The number of benzene rings is 3. The Labute approximate surface area is 345 Å². The van der Waals surface area contributed by atoms with Gasteiger partial charge in [-0.3, -0.25) is 34.3 Å². The van der Waals surface area contributed by atoms with Gasteiger partial charge in [-0.05, 0) is 118 Å². The van der Waals surface area contributed by atoms with Crippen molar-refractivity contribution >= 4 is 75.3 Å². The number of carbonyl (C=O) groups excluding carboxylic acids is 4. The first-order valence-electron chi connectivity index (χ1n) is 19.1. The van der Waals surface area contributed by atoms with E-state index in [2.05, 4.69) is 25.8 Å². The summed E-state index contributed by atoms with van der Waals surface area (Å²) in [6, 6.07) is 15.0. The summed E-state index contributed by atoms with van der Waals surface area (Å²) in [7, 11) is 0. The number of imide groups is 1. The van der Waals surface area contributed by atoms with Crippen LogP contribution in [0.3, 0.4) is 0 Å². The van der Waals surface area contributed by atoms with Crippen molar-refractivity contribution in [2.75, 3.05) is 59.7 Å². The SMILES string of the molecule is CCc1cc(N2C(=S)N(c3ccc(C#N)c(C(F)(F)F)c3)C(=O)C2(C)C)ccc1CCCN1CCN(CC(=O)Nc2cc(Cl)cc(NC3CCC(=O)NC3=O)c2)CC1. The molecule has 3 N–H and O–H groups in total. The first-order valence-corrected chi connectivity index (χ1v) is 19.8. The van der Waals surface area contributed by atoms with Crippen molar-refractivity contribution in [2.45, 2.75) is 70.6 Å². The summed E-state index contributed by atoms with van der Waals surface area (Å²) < 4.78 is 41.3. The molecule has 58 heavy (non-hydrogen) atoms. The lowest BCUT2D eigenvalue weighted by molar-refractivity contribution is -0.138. The lowest BCUT2D eigenvalue weighted by Gasteiger charge is -2.34. The fourth-order valence-corrected chi connectivity index (χ4v) is 8.39. The van der Waals surface area contributed by atoms with Gasteiger partial charge >= 0.3 is 6.18 Å². The Hall–Kier alpha value is -5.08. The molecule has 0 bridgehead atoms. The first-order chi connectivity index (χ1) is 27.5. The van der Waals surface area contributed by atoms with Crippen molar-refractivity contribution in [1.29, 1.82) is 5.26 Å². The molecule has 0 saturated carbocycles. The number of nitriles is 1. The van der Waals surface area contributed by atoms with E-state index in [0.717, 1.165) is 80.1 Å². The minimum Gasteiger partial charge on any atom is -0.374 e. The predicted molar refractivity (Wildman–Crippen MR) is 220 cm³/mol. The van der Waals surface area contributed by atoms with Gasteiger partial charge in [-0.25, -0.2) is 0 Å². The molecule has 3 heterocycles. The summed E-state index contributed by atoms with van der Waals surface area (Å²) in [5, 5.41) is 18.0. The molecule has 4 amide bonds. The number of halogens is 4. The maximum Gasteiger partial charge on any atom is 0.417 e. The number of anilines is 4. The standard InChI is InChI=1S/C41H44ClF3N8O4S/c1-4-25-18-32(53-39(58)52(38(57)40(53,2)3)31-9-8-27(23-46)33(22-31)41(43,44)45)10-7-26(25)6-5-13-50-14-16-51(17-15-50)24-36(55)48-30-20-28(42)19-29(21-30)47-34-11-12-35(54)49-37(34)56/h7-10,18-22,34,47H,4-6,11-17,24H2,1-3H3,(H,48,55)(H,49,54,56). The maximum atomic E-state index is 13.8. The summed E-state index contributed by atoms with van der Waals surface area (Å²) >= 11 is 12.0. The summed E-state index contributed by atoms with van der Waals surface area (Å²) in [4.78, 5) is 57.6. The van der Waals surface area contributed by atoms with Crippen molar-refractivity contribution in [3.05, 3.63) is 81.9 Å². The lowest BCUT2D eigenvalue weighted by atomic mass is 9.97. The lowest BCUT2D eigenvalue weighted by Crippen LogP contribution is -2.48. The molecule has 3 fully saturated rings. The van der Waals surface area contributed by atoms with Crippen LogP contribution in [-0.2, 0) is 38.2 Å². The van der Waals surface area contributed by atoms with E-state index in [9.17, 15) is 37.6 Å². The zero-order valence-electron chi connectivity index (χ0n) is 32.3. The third-order valence-corrected chi connectivity index (χ3v) is 11.3. The highest BCUT2D eigenvalue weighted by Crippen LogP contribution is 2.40. The smallest absolute Gasteiger partial charge is 0.374 e. The second-order valence-corrected chi connectivity index (χ2v) is 15.9. The molecule has 1 atom stereocenters. The van der Waals surface area contributed by atoms with Crippen LogP contribution in [-0.4, -0.2) is 89.4 Å². The van der Waals surface area contributed by atoms with Crippen LogP contribution in [0.15, 0.2) is 54.6 Å². The maximum absolute atomic E-state index is 13.8. The number of rotatable bonds is 12. The molecule has 0 aliphatic carbocycles. The van der Waals surface area contributed by atoms with E-state index in [1.165, 1.54) is 6.07 Å². The normalized spacial score (nSPS) is 19.0. The van der Waals surface area contributed by atoms with Crippen LogP contribution in [0.2, 0.25) is 5.02 Å². The molecule has 3 aromatic rings. The molecule has 17 heteroatoms. The fraction of sp³-hybridized carbons (Fsp3) is 0.415. The van der Waals surface area contributed by atoms with E-state index in [1.54, 1.807) is 43.0 Å². The average Bonchev–Trinajstić information content (AvgIpc) is 3.34. The van der Waals surface area contributed by atoms with Crippen LogP contribution < -0.4 is 25.8 Å². The third-order valence-electron chi connectivity index (χ3n) is 10.7. The first kappa shape index (κ1) is 42.5. The molecular weight excluding hydrogens is 793 g/mol. The number of hydrogen-bond acceptors (Lipinski definition) is 9. The number of thiocarbonyl (C=S) groups is 1. The fourth-order valence-electron chi connectivity index (χ4n) is 7.63. The Bertz CT molecular complexity index is 2170. The Kier molecular flexibility index (Phi) is 12.8. The number of hydrogen-bond donors (Lipinski definition) is 3. The van der Waals surface area contributed by atoms with Gasteiger partial charge in [-0.1, -0.05) is 24.6 Å². The van der Waals surface area contributed by atoms with E-state index < -0.39 is 40.7 Å². The van der Waals surface area contributed by atoms with E-state index in [-0.39, 0.29) is 35.6 Å². The van der Waals surface area contributed by atoms with Gasteiger partial charge in [0.1, 0.15) is 11.6 Å². The third kappa shape index (κ3) is 9.44. The van der Waals surface area contributed by atoms with Gasteiger partial charge in [0.2, 0.25) is 17.7 Å². The van der Waals surface area contributed by atoms with Gasteiger partial charge in [0, 0.05) is 54.7 Å². The zero-order chi connectivity index (χ0) is 41.9. The van der Waals surface area contributed by atoms with Crippen molar-refractivity contribution in [3.8, 4) is 6.07 Å². The van der Waals surface area contributed by atoms with Crippen LogP contribution >= 0.6 is 23.8 Å². The van der Waals surface area contributed by atoms with Gasteiger partial charge in [0.05, 0.1) is 29.4 Å². The zero-order valence-corrected chi connectivity index (χ0v) is 33.9. The number of nitrogens with one attached hydrogen (secondary N) is 3. The molecule has 306 valence electrons. The van der Waals surface area contributed by atoms with Gasteiger partial charge in [-0.15, -0.1) is 0 Å². The van der Waals surface area contributed by atoms with E-state index in [0.29, 0.717) is 28.5 Å². The highest BCUT2D eigenvalue weighted by molar-refractivity contribution is 7.81. The molecule has 0 spiro atoms. The Morgan fingerprint density at radius 1 is 0.983 bits per heavy atom. The van der Waals surface area contributed by atoms with Crippen molar-refractivity contribution in [1.82, 2.24) is 15.1 Å². The number of nitrogens with zero attached hydrogens (tertiary/aromatic N) is 5. The van der Waals surface area contributed by atoms with E-state index in [1.807, 2.05) is 25.1 Å². The predicted octanol–water partition coefficient (Wildman–Crippen LogP) is 6.12. The van der Waals surface area contributed by atoms with Crippen LogP contribution in [0.4, 0.5) is 35.9 Å². The highest BCUT2D eigenvalue weighted by Gasteiger charge is 2.51. The van der Waals surface area contributed by atoms with Crippen molar-refractivity contribution < 1.29 is 32.3 Å². The Morgan fingerprint density at radius 2 is 1.67 bits per heavy atom. The summed E-state index contributed by atoms with van der Waals surface area (Å²) in [5.41, 5.74) is 1.05. The monoisotopic (exact) mass is 836 g/mol. The van der Waals surface area contributed by atoms with Crippen molar-refractivity contribution in [3.63, 3.8) is 0 Å². The van der Waals surface area contributed by atoms with Gasteiger partial charge in [0.15, 0.2) is 5.11 Å². The summed E-state index contributed by atoms with van der Waals surface area (Å²) in [6.07, 6.45) is -1.75. The summed E-state index contributed by atoms with van der Waals surface area (Å²) in [6.45, 7) is 9.55. The summed E-state index contributed by atoms with van der Waals surface area (Å²) in [5.74, 6) is -1.36. The number of piperidine rings is 1. The molecule has 3 aliphatic heterocycles. The topological polar surface area (TPSA) is 141 Å². The number of alkyl halides is 3. The molecule has 0 aromatic heterocycles. The van der Waals surface area contributed by atoms with Gasteiger partial charge in [0.25, 0.3) is 5.91 Å². The van der Waals surface area contributed by atoms with Crippen LogP contribution in [0.1, 0.15) is 62.3 Å². The van der Waals surface area contributed by atoms with Crippen LogP contribution in [0.25, 0.3) is 0 Å². The van der Waals surface area contributed by atoms with E-state index in [4.69, 9.17) is 23.8 Å². The number of aryl methyl sites for hydroxylation is 2. The minimum atomic E-state index is -4.78. The molecule has 1 unspecified atom stereocenters. The number of piperazine rings is 1. The molecule has 3 aromatic carbocycles. The van der Waals surface area contributed by atoms with Crippen LogP contribution in [0, 0.1) is 11.3 Å². The molecule has 3 saturated heterocycles. The number of amides is 4. The van der Waals surface area contributed by atoms with Crippen LogP contribution in [0.5, 0.6) is 0 Å². The largest absolute Gasteiger partial charge is 0.417 e. The Balaban J connectivity index is 1.00. The quantitative estimate of drug-likeness (QED) is 0.145. The Morgan fingerprint density at radius 3 is 2.34 bits per heavy atom. The molecule has 6 rings (SSSR count). The van der Waals surface area contributed by atoms with Gasteiger partial charge < -0.3 is 20.4 Å². The highest BCUT2D eigenvalue weighted by atomic mass is 35.5. The average molecular weight is 837 g/mol. The van der Waals surface area contributed by atoms with E-state index >= 15 is 0 Å². The second kappa shape index (κ2) is 17.4. The molecular formula is C41H44ClF3N8O4S. The minimum absolute atomic E-state index is 0.0530.